The van der Waals surface area contributed by atoms with Crippen molar-refractivity contribution >= 4 is 17.4 Å². The van der Waals surface area contributed by atoms with E-state index in [2.05, 4.69) is 18.4 Å². The second kappa shape index (κ2) is 5.74. The van der Waals surface area contributed by atoms with Gasteiger partial charge < -0.3 is 14.7 Å². The van der Waals surface area contributed by atoms with Crippen molar-refractivity contribution in [3.8, 4) is 0 Å². The molecule has 2 atom stereocenters. The minimum Gasteiger partial charge on any atom is -0.444 e. The fourth-order valence-corrected chi connectivity index (χ4v) is 3.27. The lowest BCUT2D eigenvalue weighted by Gasteiger charge is -2.24. The highest BCUT2D eigenvalue weighted by Crippen LogP contribution is 2.31. The summed E-state index contributed by atoms with van der Waals surface area (Å²) in [5.74, 6) is -0.000863. The first kappa shape index (κ1) is 15.3. The molecule has 2 heterocycles. The molecule has 0 bridgehead atoms. The molecule has 0 aromatic carbocycles. The zero-order valence-corrected chi connectivity index (χ0v) is 13.4. The van der Waals surface area contributed by atoms with Crippen LogP contribution in [-0.2, 0) is 11.2 Å². The number of carbonyl (C=O) groups is 1. The van der Waals surface area contributed by atoms with Crippen LogP contribution in [0.25, 0.3) is 0 Å². The lowest BCUT2D eigenvalue weighted by atomic mass is 9.99. The lowest BCUT2D eigenvalue weighted by molar-refractivity contribution is 0.0270. The highest BCUT2D eigenvalue weighted by molar-refractivity contribution is 7.10. The molecule has 5 heteroatoms. The predicted octanol–water partition coefficient (Wildman–Crippen LogP) is 3.01. The van der Waals surface area contributed by atoms with Gasteiger partial charge in [0.2, 0.25) is 0 Å². The number of hydrogen-bond acceptors (Lipinski definition) is 4. The SMILES string of the molecule is CCc1cc([C@@H]2CN(C(=O)OC(C)(C)C)C[C@H]2O)cs1. The zero-order valence-electron chi connectivity index (χ0n) is 12.5. The monoisotopic (exact) mass is 297 g/mol. The van der Waals surface area contributed by atoms with Gasteiger partial charge in [0.05, 0.1) is 12.6 Å². The Morgan fingerprint density at radius 2 is 2.20 bits per heavy atom. The van der Waals surface area contributed by atoms with Crippen LogP contribution in [0.4, 0.5) is 4.79 Å². The maximum absolute atomic E-state index is 12.0. The van der Waals surface area contributed by atoms with Gasteiger partial charge in [-0.25, -0.2) is 4.79 Å². The minimum absolute atomic E-state index is 0.000863. The first-order valence-corrected chi connectivity index (χ1v) is 7.91. The van der Waals surface area contributed by atoms with E-state index < -0.39 is 11.7 Å². The molecule has 0 unspecified atom stereocenters. The minimum atomic E-state index is -0.512. The molecule has 1 fully saturated rings. The smallest absolute Gasteiger partial charge is 0.410 e. The average Bonchev–Trinajstić information content (AvgIpc) is 2.92. The van der Waals surface area contributed by atoms with Gasteiger partial charge in [-0.3, -0.25) is 0 Å². The van der Waals surface area contributed by atoms with E-state index in [-0.39, 0.29) is 12.0 Å². The first-order valence-electron chi connectivity index (χ1n) is 7.03. The van der Waals surface area contributed by atoms with Crippen LogP contribution in [0, 0.1) is 0 Å². The van der Waals surface area contributed by atoms with Crippen molar-refractivity contribution in [3.05, 3.63) is 21.9 Å². The van der Waals surface area contributed by atoms with Gasteiger partial charge in [0.1, 0.15) is 5.60 Å². The van der Waals surface area contributed by atoms with E-state index in [1.54, 1.807) is 16.2 Å². The fourth-order valence-electron chi connectivity index (χ4n) is 2.37. The number of nitrogens with zero attached hydrogens (tertiary/aromatic N) is 1. The molecule has 1 aromatic rings. The maximum atomic E-state index is 12.0. The Morgan fingerprint density at radius 3 is 2.75 bits per heavy atom. The number of rotatable bonds is 2. The van der Waals surface area contributed by atoms with E-state index >= 15 is 0 Å². The number of ether oxygens (including phenoxy) is 1. The van der Waals surface area contributed by atoms with Crippen molar-refractivity contribution in [1.29, 1.82) is 0 Å². The van der Waals surface area contributed by atoms with Gasteiger partial charge in [-0.05, 0) is 44.2 Å². The fraction of sp³-hybridized carbons (Fsp3) is 0.667. The predicted molar refractivity (Wildman–Crippen MR) is 80.3 cm³/mol. The molecular formula is C15H23NO3S. The van der Waals surface area contributed by atoms with E-state index in [0.717, 1.165) is 12.0 Å². The molecule has 112 valence electrons. The molecule has 1 aromatic heterocycles. The molecule has 1 saturated heterocycles. The maximum Gasteiger partial charge on any atom is 0.410 e. The number of aliphatic hydroxyl groups excluding tert-OH is 1. The van der Waals surface area contributed by atoms with E-state index in [1.165, 1.54) is 4.88 Å². The summed E-state index contributed by atoms with van der Waals surface area (Å²) >= 11 is 1.71. The quantitative estimate of drug-likeness (QED) is 0.913. The Kier molecular flexibility index (Phi) is 4.39. The molecule has 0 saturated carbocycles. The summed E-state index contributed by atoms with van der Waals surface area (Å²) in [5.41, 5.74) is 0.628. The molecular weight excluding hydrogens is 274 g/mol. The molecule has 4 nitrogen and oxygen atoms in total. The number of hydrogen-bond donors (Lipinski definition) is 1. The lowest BCUT2D eigenvalue weighted by Crippen LogP contribution is -2.35. The molecule has 20 heavy (non-hydrogen) atoms. The Bertz CT molecular complexity index is 478. The van der Waals surface area contributed by atoms with Crippen molar-refractivity contribution in [2.75, 3.05) is 13.1 Å². The standard InChI is InChI=1S/C15H23NO3S/c1-5-11-6-10(9-20-11)12-7-16(8-13(12)17)14(18)19-15(2,3)4/h6,9,12-13,17H,5,7-8H2,1-4H3/t12-,13+/m0/s1. The molecule has 0 radical (unpaired) electrons. The number of carbonyl (C=O) groups excluding carboxylic acids is 1. The van der Waals surface area contributed by atoms with Crippen molar-refractivity contribution in [1.82, 2.24) is 4.90 Å². The number of thiophene rings is 1. The highest BCUT2D eigenvalue weighted by Gasteiger charge is 2.37. The van der Waals surface area contributed by atoms with Crippen LogP contribution in [-0.4, -0.2) is 40.9 Å². The Hall–Kier alpha value is -1.07. The van der Waals surface area contributed by atoms with Crippen LogP contribution in [0.2, 0.25) is 0 Å². The number of amides is 1. The van der Waals surface area contributed by atoms with Crippen molar-refractivity contribution in [2.24, 2.45) is 0 Å². The van der Waals surface area contributed by atoms with Crippen LogP contribution in [0.1, 0.15) is 44.1 Å². The van der Waals surface area contributed by atoms with Gasteiger partial charge in [-0.15, -0.1) is 11.3 Å². The Morgan fingerprint density at radius 1 is 1.50 bits per heavy atom. The van der Waals surface area contributed by atoms with Gasteiger partial charge in [-0.1, -0.05) is 6.92 Å². The molecule has 1 aliphatic rings. The van der Waals surface area contributed by atoms with Crippen molar-refractivity contribution in [2.45, 2.75) is 51.7 Å². The van der Waals surface area contributed by atoms with Crippen LogP contribution in [0.15, 0.2) is 11.4 Å². The van der Waals surface area contributed by atoms with Crippen molar-refractivity contribution < 1.29 is 14.6 Å². The number of aryl methyl sites for hydroxylation is 1. The van der Waals surface area contributed by atoms with Crippen LogP contribution in [0.3, 0.4) is 0 Å². The van der Waals surface area contributed by atoms with E-state index in [4.69, 9.17) is 4.74 Å². The summed E-state index contributed by atoms with van der Waals surface area (Å²) in [4.78, 5) is 14.9. The van der Waals surface area contributed by atoms with Gasteiger partial charge in [0, 0.05) is 17.3 Å². The van der Waals surface area contributed by atoms with Gasteiger partial charge in [-0.2, -0.15) is 0 Å². The topological polar surface area (TPSA) is 49.8 Å². The van der Waals surface area contributed by atoms with Gasteiger partial charge in [0.15, 0.2) is 0 Å². The van der Waals surface area contributed by atoms with E-state index in [0.29, 0.717) is 13.1 Å². The normalized spacial score (nSPS) is 23.1. The van der Waals surface area contributed by atoms with Crippen LogP contribution >= 0.6 is 11.3 Å². The number of aliphatic hydroxyl groups is 1. The molecule has 1 N–H and O–H groups in total. The summed E-state index contributed by atoms with van der Waals surface area (Å²) in [7, 11) is 0. The second-order valence-electron chi connectivity index (χ2n) is 6.26. The largest absolute Gasteiger partial charge is 0.444 e. The van der Waals surface area contributed by atoms with Crippen LogP contribution < -0.4 is 0 Å². The zero-order chi connectivity index (χ0) is 14.9. The molecule has 2 rings (SSSR count). The first-order chi connectivity index (χ1) is 9.30. The number of likely N-dealkylation sites (tertiary alicyclic amines) is 1. The summed E-state index contributed by atoms with van der Waals surface area (Å²) in [6.45, 7) is 8.53. The average molecular weight is 297 g/mol. The summed E-state index contributed by atoms with van der Waals surface area (Å²) in [6, 6.07) is 2.14. The van der Waals surface area contributed by atoms with Gasteiger partial charge in [0.25, 0.3) is 0 Å². The third-order valence-electron chi connectivity index (χ3n) is 3.39. The van der Waals surface area contributed by atoms with Crippen LogP contribution in [0.5, 0.6) is 0 Å². The summed E-state index contributed by atoms with van der Waals surface area (Å²) in [6.07, 6.45) is 0.148. The second-order valence-corrected chi connectivity index (χ2v) is 7.25. The third kappa shape index (κ3) is 3.52. The van der Waals surface area contributed by atoms with E-state index in [1.807, 2.05) is 20.8 Å². The molecule has 0 aliphatic carbocycles. The summed E-state index contributed by atoms with van der Waals surface area (Å²) < 4.78 is 5.36. The number of β-amino-alcohol motifs (C(OH)–C–C–N with tert-alkyl or cyclic N) is 1. The van der Waals surface area contributed by atoms with Gasteiger partial charge >= 0.3 is 6.09 Å². The Labute approximate surface area is 124 Å². The van der Waals surface area contributed by atoms with E-state index in [9.17, 15) is 9.90 Å². The molecule has 1 aliphatic heterocycles. The molecule has 1 amide bonds. The molecule has 0 spiro atoms. The third-order valence-corrected chi connectivity index (χ3v) is 4.49. The van der Waals surface area contributed by atoms with Crippen molar-refractivity contribution in [3.63, 3.8) is 0 Å². The Balaban J connectivity index is 2.03. The highest BCUT2D eigenvalue weighted by atomic mass is 32.1. The summed E-state index contributed by atoms with van der Waals surface area (Å²) in [5, 5.41) is 12.3.